The van der Waals surface area contributed by atoms with E-state index in [1.165, 1.54) is 4.70 Å². The lowest BCUT2D eigenvalue weighted by molar-refractivity contribution is -0.281. The molecule has 2 aromatic rings. The minimum absolute atomic E-state index is 0.128. The lowest BCUT2D eigenvalue weighted by atomic mass is 10.0. The number of likely N-dealkylation sites (tertiary alicyclic amines) is 1. The van der Waals surface area contributed by atoms with Crippen LogP contribution >= 0.6 is 11.3 Å². The number of piperidine rings is 1. The number of thiophene rings is 1. The molecular formula is C17H19NO3S. The number of amides is 1. The third kappa shape index (κ3) is 2.43. The molecule has 0 bridgehead atoms. The Morgan fingerprint density at radius 3 is 2.64 bits per heavy atom. The summed E-state index contributed by atoms with van der Waals surface area (Å²) in [7, 11) is 0. The van der Waals surface area contributed by atoms with E-state index in [2.05, 4.69) is 6.07 Å². The average molecular weight is 317 g/mol. The molecule has 1 aromatic heterocycles. The number of carbonyl (C=O) groups excluding carboxylic acids is 1. The highest BCUT2D eigenvalue weighted by Gasteiger charge is 2.39. The molecule has 116 valence electrons. The Labute approximate surface area is 133 Å². The van der Waals surface area contributed by atoms with Gasteiger partial charge in [0.2, 0.25) is 0 Å². The van der Waals surface area contributed by atoms with Crippen LogP contribution in [0.1, 0.15) is 29.6 Å². The van der Waals surface area contributed by atoms with Gasteiger partial charge >= 0.3 is 0 Å². The molecule has 0 saturated carbocycles. The first-order valence-corrected chi connectivity index (χ1v) is 8.69. The predicted octanol–water partition coefficient (Wildman–Crippen LogP) is 3.27. The van der Waals surface area contributed by atoms with Crippen molar-refractivity contribution >= 4 is 27.3 Å². The Balaban J connectivity index is 1.50. The molecule has 0 atom stereocenters. The molecule has 1 spiro atoms. The van der Waals surface area contributed by atoms with E-state index < -0.39 is 5.79 Å². The topological polar surface area (TPSA) is 38.8 Å². The molecule has 1 amide bonds. The summed E-state index contributed by atoms with van der Waals surface area (Å²) in [5.74, 6) is -0.311. The van der Waals surface area contributed by atoms with Crippen molar-refractivity contribution in [3.63, 3.8) is 0 Å². The quantitative estimate of drug-likeness (QED) is 0.810. The van der Waals surface area contributed by atoms with E-state index in [-0.39, 0.29) is 5.91 Å². The fourth-order valence-corrected chi connectivity index (χ4v) is 4.20. The highest BCUT2D eigenvalue weighted by Crippen LogP contribution is 2.33. The molecule has 2 fully saturated rings. The van der Waals surface area contributed by atoms with Gasteiger partial charge in [-0.05, 0) is 12.5 Å². The normalized spacial score (nSPS) is 21.4. The lowest BCUT2D eigenvalue weighted by Gasteiger charge is -2.43. The van der Waals surface area contributed by atoms with Crippen LogP contribution in [-0.2, 0) is 9.47 Å². The second kappa shape index (κ2) is 5.65. The van der Waals surface area contributed by atoms with Crippen LogP contribution in [0.15, 0.2) is 29.6 Å². The number of hydrogen-bond donors (Lipinski definition) is 0. The molecule has 4 nitrogen and oxygen atoms in total. The van der Waals surface area contributed by atoms with Gasteiger partial charge in [0.05, 0.1) is 18.8 Å². The second-order valence-electron chi connectivity index (χ2n) is 5.90. The summed E-state index contributed by atoms with van der Waals surface area (Å²) in [6.07, 6.45) is 2.49. The first-order valence-electron chi connectivity index (χ1n) is 7.81. The summed E-state index contributed by atoms with van der Waals surface area (Å²) < 4.78 is 12.8. The summed E-state index contributed by atoms with van der Waals surface area (Å²) >= 11 is 1.63. The zero-order valence-electron chi connectivity index (χ0n) is 12.4. The van der Waals surface area contributed by atoms with Gasteiger partial charge in [-0.3, -0.25) is 4.79 Å². The number of hydrogen-bond acceptors (Lipinski definition) is 4. The Hall–Kier alpha value is -1.43. The van der Waals surface area contributed by atoms with E-state index in [0.29, 0.717) is 13.1 Å². The molecule has 4 rings (SSSR count). The molecule has 3 heterocycles. The number of nitrogens with zero attached hydrogens (tertiary/aromatic N) is 1. The van der Waals surface area contributed by atoms with Gasteiger partial charge < -0.3 is 14.4 Å². The maximum Gasteiger partial charge on any atom is 0.255 e. The molecular weight excluding hydrogens is 298 g/mol. The minimum Gasteiger partial charge on any atom is -0.350 e. The van der Waals surface area contributed by atoms with Crippen LogP contribution in [0, 0.1) is 0 Å². The summed E-state index contributed by atoms with van der Waals surface area (Å²) in [5, 5.41) is 3.04. The van der Waals surface area contributed by atoms with Gasteiger partial charge in [-0.1, -0.05) is 18.2 Å². The van der Waals surface area contributed by atoms with Crippen molar-refractivity contribution in [2.75, 3.05) is 26.3 Å². The summed E-state index contributed by atoms with van der Waals surface area (Å²) in [6.45, 7) is 2.93. The Morgan fingerprint density at radius 1 is 1.14 bits per heavy atom. The molecule has 0 aliphatic carbocycles. The van der Waals surface area contributed by atoms with Gasteiger partial charge in [-0.25, -0.2) is 0 Å². The predicted molar refractivity (Wildman–Crippen MR) is 86.2 cm³/mol. The molecule has 2 saturated heterocycles. The van der Waals surface area contributed by atoms with E-state index in [1.807, 2.05) is 28.5 Å². The molecule has 0 N–H and O–H groups in total. The Bertz CT molecular complexity index is 680. The van der Waals surface area contributed by atoms with Gasteiger partial charge in [-0.2, -0.15) is 0 Å². The minimum atomic E-state index is -0.439. The smallest absolute Gasteiger partial charge is 0.255 e. The number of benzene rings is 1. The van der Waals surface area contributed by atoms with Crippen molar-refractivity contribution in [2.45, 2.75) is 25.0 Å². The highest BCUT2D eigenvalue weighted by molar-refractivity contribution is 7.17. The Morgan fingerprint density at radius 2 is 1.86 bits per heavy atom. The molecule has 0 unspecified atom stereocenters. The van der Waals surface area contributed by atoms with E-state index >= 15 is 0 Å². The van der Waals surface area contributed by atoms with Crippen molar-refractivity contribution in [2.24, 2.45) is 0 Å². The zero-order valence-corrected chi connectivity index (χ0v) is 13.2. The van der Waals surface area contributed by atoms with Crippen LogP contribution < -0.4 is 0 Å². The van der Waals surface area contributed by atoms with Crippen molar-refractivity contribution in [1.29, 1.82) is 0 Å². The molecule has 2 aliphatic heterocycles. The fraction of sp³-hybridized carbons (Fsp3) is 0.471. The van der Waals surface area contributed by atoms with Crippen LogP contribution in [-0.4, -0.2) is 42.9 Å². The highest BCUT2D eigenvalue weighted by atomic mass is 32.1. The van der Waals surface area contributed by atoms with Crippen LogP contribution in [0.4, 0.5) is 0 Å². The molecule has 2 aliphatic rings. The van der Waals surface area contributed by atoms with Gasteiger partial charge in [0.1, 0.15) is 0 Å². The number of fused-ring (bicyclic) bond motifs is 1. The van der Waals surface area contributed by atoms with Crippen LogP contribution in [0.5, 0.6) is 0 Å². The number of ether oxygens (including phenoxy) is 2. The molecule has 5 heteroatoms. The summed E-state index contributed by atoms with van der Waals surface area (Å²) in [4.78, 5) is 14.7. The first-order chi connectivity index (χ1) is 10.8. The third-order valence-electron chi connectivity index (χ3n) is 4.54. The van der Waals surface area contributed by atoms with Gasteiger partial charge in [0.25, 0.3) is 5.91 Å². The monoisotopic (exact) mass is 317 g/mol. The fourth-order valence-electron chi connectivity index (χ4n) is 3.27. The van der Waals surface area contributed by atoms with E-state index in [0.717, 1.165) is 43.4 Å². The Kier molecular flexibility index (Phi) is 3.64. The maximum absolute atomic E-state index is 12.8. The SMILES string of the molecule is O=C(c1csc2ccccc12)N1CCC2(CC1)OCCCO2. The van der Waals surface area contributed by atoms with E-state index in [9.17, 15) is 4.79 Å². The largest absolute Gasteiger partial charge is 0.350 e. The molecule has 1 aromatic carbocycles. The van der Waals surface area contributed by atoms with Crippen molar-refractivity contribution in [3.05, 3.63) is 35.2 Å². The number of rotatable bonds is 1. The van der Waals surface area contributed by atoms with Crippen molar-refractivity contribution in [3.8, 4) is 0 Å². The van der Waals surface area contributed by atoms with Gasteiger partial charge in [-0.15, -0.1) is 11.3 Å². The van der Waals surface area contributed by atoms with Crippen LogP contribution in [0.25, 0.3) is 10.1 Å². The number of carbonyl (C=O) groups is 1. The summed E-state index contributed by atoms with van der Waals surface area (Å²) in [5.41, 5.74) is 0.821. The first kappa shape index (κ1) is 14.2. The average Bonchev–Trinajstić information content (AvgIpc) is 3.00. The van der Waals surface area contributed by atoms with Crippen LogP contribution in [0.3, 0.4) is 0 Å². The lowest BCUT2D eigenvalue weighted by Crippen LogP contribution is -2.51. The van der Waals surface area contributed by atoms with Crippen molar-refractivity contribution in [1.82, 2.24) is 4.90 Å². The van der Waals surface area contributed by atoms with Gasteiger partial charge in [0.15, 0.2) is 5.79 Å². The summed E-state index contributed by atoms with van der Waals surface area (Å²) in [6, 6.07) is 8.08. The standard InChI is InChI=1S/C17H19NO3S/c19-16(14-12-22-15-5-2-1-4-13(14)15)18-8-6-17(7-9-18)20-10-3-11-21-17/h1-2,4-5,12H,3,6-11H2. The molecule has 22 heavy (non-hydrogen) atoms. The van der Waals surface area contributed by atoms with E-state index in [1.54, 1.807) is 11.3 Å². The maximum atomic E-state index is 12.8. The van der Waals surface area contributed by atoms with Gasteiger partial charge in [0, 0.05) is 41.4 Å². The zero-order chi connectivity index (χ0) is 15.0. The van der Waals surface area contributed by atoms with Crippen molar-refractivity contribution < 1.29 is 14.3 Å². The molecule has 0 radical (unpaired) electrons. The second-order valence-corrected chi connectivity index (χ2v) is 6.81. The van der Waals surface area contributed by atoms with E-state index in [4.69, 9.17) is 9.47 Å². The van der Waals surface area contributed by atoms with Crippen LogP contribution in [0.2, 0.25) is 0 Å². The third-order valence-corrected chi connectivity index (χ3v) is 5.51.